The molecule has 78 valence electrons. The van der Waals surface area contributed by atoms with E-state index in [1.54, 1.807) is 13.1 Å². The maximum absolute atomic E-state index is 10.9. The van der Waals surface area contributed by atoms with Crippen molar-refractivity contribution in [1.82, 2.24) is 14.5 Å². The standard InChI is InChI=1S/C11H13N3O/c1-8(15)5-6-10-13-9-4-3-7-12-11(9)14(10)2/h3-4,7H,5-6H2,1-2H3. The Hall–Kier alpha value is -1.71. The molecule has 0 aliphatic heterocycles. The molecular weight excluding hydrogens is 190 g/mol. The summed E-state index contributed by atoms with van der Waals surface area (Å²) in [5.41, 5.74) is 1.76. The van der Waals surface area contributed by atoms with Crippen LogP contribution in [0.1, 0.15) is 19.2 Å². The Kier molecular flexibility index (Phi) is 2.49. The van der Waals surface area contributed by atoms with E-state index in [9.17, 15) is 4.79 Å². The Morgan fingerprint density at radius 2 is 2.33 bits per heavy atom. The van der Waals surface area contributed by atoms with Crippen molar-refractivity contribution in [2.24, 2.45) is 7.05 Å². The van der Waals surface area contributed by atoms with Crippen LogP contribution in [0.15, 0.2) is 18.3 Å². The number of hydrogen-bond donors (Lipinski definition) is 0. The zero-order valence-electron chi connectivity index (χ0n) is 8.90. The average molecular weight is 203 g/mol. The Bertz CT molecular complexity index is 502. The van der Waals surface area contributed by atoms with Gasteiger partial charge in [-0.05, 0) is 19.1 Å². The van der Waals surface area contributed by atoms with Crippen molar-refractivity contribution in [3.05, 3.63) is 24.2 Å². The number of ketones is 1. The number of hydrogen-bond acceptors (Lipinski definition) is 3. The van der Waals surface area contributed by atoms with Gasteiger partial charge in [-0.1, -0.05) is 0 Å². The number of Topliss-reactive ketones (excluding diaryl/α,β-unsaturated/α-hetero) is 1. The number of carbonyl (C=O) groups is 1. The molecule has 0 radical (unpaired) electrons. The molecule has 0 N–H and O–H groups in total. The van der Waals surface area contributed by atoms with Crippen LogP contribution in [-0.4, -0.2) is 20.3 Å². The van der Waals surface area contributed by atoms with Gasteiger partial charge in [-0.15, -0.1) is 0 Å². The second-order valence-electron chi connectivity index (χ2n) is 3.64. The third kappa shape index (κ3) is 1.88. The normalized spacial score (nSPS) is 10.8. The minimum atomic E-state index is 0.190. The lowest BCUT2D eigenvalue weighted by molar-refractivity contribution is -0.117. The highest BCUT2D eigenvalue weighted by Crippen LogP contribution is 2.12. The van der Waals surface area contributed by atoms with Gasteiger partial charge in [0.2, 0.25) is 0 Å². The molecule has 2 rings (SSSR count). The molecule has 0 atom stereocenters. The average Bonchev–Trinajstić information content (AvgIpc) is 2.54. The maximum atomic E-state index is 10.9. The lowest BCUT2D eigenvalue weighted by Gasteiger charge is -1.99. The van der Waals surface area contributed by atoms with Gasteiger partial charge in [-0.2, -0.15) is 0 Å². The minimum Gasteiger partial charge on any atom is -0.316 e. The molecule has 0 saturated heterocycles. The van der Waals surface area contributed by atoms with Crippen molar-refractivity contribution >= 4 is 16.9 Å². The van der Waals surface area contributed by atoms with E-state index in [2.05, 4.69) is 9.97 Å². The van der Waals surface area contributed by atoms with Crippen LogP contribution in [0.2, 0.25) is 0 Å². The maximum Gasteiger partial charge on any atom is 0.159 e. The van der Waals surface area contributed by atoms with Crippen molar-refractivity contribution in [3.8, 4) is 0 Å². The third-order valence-electron chi connectivity index (χ3n) is 2.42. The quantitative estimate of drug-likeness (QED) is 0.759. The molecule has 0 saturated carbocycles. The SMILES string of the molecule is CC(=O)CCc1nc2cccnc2n1C. The number of pyridine rings is 1. The second-order valence-corrected chi connectivity index (χ2v) is 3.64. The summed E-state index contributed by atoms with van der Waals surface area (Å²) >= 11 is 0. The van der Waals surface area contributed by atoms with Crippen LogP contribution in [0.5, 0.6) is 0 Å². The third-order valence-corrected chi connectivity index (χ3v) is 2.42. The van der Waals surface area contributed by atoms with Crippen molar-refractivity contribution in [2.75, 3.05) is 0 Å². The fraction of sp³-hybridized carbons (Fsp3) is 0.364. The van der Waals surface area contributed by atoms with E-state index in [-0.39, 0.29) is 5.78 Å². The topological polar surface area (TPSA) is 47.8 Å². The molecule has 2 aromatic rings. The van der Waals surface area contributed by atoms with Gasteiger partial charge in [0.1, 0.15) is 17.1 Å². The van der Waals surface area contributed by atoms with Crippen molar-refractivity contribution < 1.29 is 4.79 Å². The molecule has 0 spiro atoms. The summed E-state index contributed by atoms with van der Waals surface area (Å²) in [6.45, 7) is 1.60. The number of rotatable bonds is 3. The van der Waals surface area contributed by atoms with Crippen LogP contribution in [0, 0.1) is 0 Å². The van der Waals surface area contributed by atoms with Crippen LogP contribution in [0.4, 0.5) is 0 Å². The van der Waals surface area contributed by atoms with Gasteiger partial charge in [-0.3, -0.25) is 0 Å². The lowest BCUT2D eigenvalue weighted by Crippen LogP contribution is -2.01. The van der Waals surface area contributed by atoms with Crippen LogP contribution >= 0.6 is 0 Å². The Morgan fingerprint density at radius 3 is 3.00 bits per heavy atom. The van der Waals surface area contributed by atoms with E-state index in [1.165, 1.54) is 0 Å². The molecule has 0 aliphatic carbocycles. The summed E-state index contributed by atoms with van der Waals surface area (Å²) in [5.74, 6) is 1.11. The summed E-state index contributed by atoms with van der Waals surface area (Å²) in [4.78, 5) is 19.6. The molecule has 2 aromatic heterocycles. The highest BCUT2D eigenvalue weighted by atomic mass is 16.1. The first-order chi connectivity index (χ1) is 7.18. The van der Waals surface area contributed by atoms with Gasteiger partial charge < -0.3 is 9.36 Å². The van der Waals surface area contributed by atoms with E-state index >= 15 is 0 Å². The fourth-order valence-corrected chi connectivity index (χ4v) is 1.58. The zero-order chi connectivity index (χ0) is 10.8. The Balaban J connectivity index is 2.36. The lowest BCUT2D eigenvalue weighted by atomic mass is 10.2. The molecule has 0 aromatic carbocycles. The number of fused-ring (bicyclic) bond motifs is 1. The highest BCUT2D eigenvalue weighted by Gasteiger charge is 2.08. The molecule has 0 bridgehead atoms. The van der Waals surface area contributed by atoms with Crippen molar-refractivity contribution in [1.29, 1.82) is 0 Å². The molecule has 4 nitrogen and oxygen atoms in total. The van der Waals surface area contributed by atoms with E-state index < -0.39 is 0 Å². The van der Waals surface area contributed by atoms with E-state index in [1.807, 2.05) is 23.7 Å². The molecule has 0 unspecified atom stereocenters. The van der Waals surface area contributed by atoms with E-state index in [0.29, 0.717) is 12.8 Å². The molecule has 2 heterocycles. The van der Waals surface area contributed by atoms with Gasteiger partial charge in [0.05, 0.1) is 0 Å². The predicted octanol–water partition coefficient (Wildman–Crippen LogP) is 1.49. The van der Waals surface area contributed by atoms with Crippen LogP contribution in [-0.2, 0) is 18.3 Å². The molecule has 4 heteroatoms. The number of imidazole rings is 1. The fourth-order valence-electron chi connectivity index (χ4n) is 1.58. The van der Waals surface area contributed by atoms with Crippen molar-refractivity contribution in [2.45, 2.75) is 19.8 Å². The van der Waals surface area contributed by atoms with Gasteiger partial charge in [0, 0.05) is 26.1 Å². The van der Waals surface area contributed by atoms with Gasteiger partial charge in [0.15, 0.2) is 5.65 Å². The summed E-state index contributed by atoms with van der Waals surface area (Å²) in [6.07, 6.45) is 2.97. The smallest absolute Gasteiger partial charge is 0.159 e. The monoisotopic (exact) mass is 203 g/mol. The number of carbonyl (C=O) groups excluding carboxylic acids is 1. The summed E-state index contributed by atoms with van der Waals surface area (Å²) in [7, 11) is 1.93. The van der Waals surface area contributed by atoms with Crippen molar-refractivity contribution in [3.63, 3.8) is 0 Å². The highest BCUT2D eigenvalue weighted by molar-refractivity contribution is 5.76. The van der Waals surface area contributed by atoms with Gasteiger partial charge >= 0.3 is 0 Å². The summed E-state index contributed by atoms with van der Waals surface area (Å²) in [6, 6.07) is 3.80. The van der Waals surface area contributed by atoms with E-state index in [0.717, 1.165) is 17.0 Å². The first-order valence-corrected chi connectivity index (χ1v) is 4.94. The molecule has 0 amide bonds. The minimum absolute atomic E-state index is 0.190. The summed E-state index contributed by atoms with van der Waals surface area (Å²) in [5, 5.41) is 0. The molecule has 0 fully saturated rings. The Labute approximate surface area is 88.0 Å². The molecule has 0 aliphatic rings. The summed E-state index contributed by atoms with van der Waals surface area (Å²) < 4.78 is 1.94. The van der Waals surface area contributed by atoms with Crippen LogP contribution in [0.3, 0.4) is 0 Å². The van der Waals surface area contributed by atoms with Gasteiger partial charge in [0.25, 0.3) is 0 Å². The predicted molar refractivity (Wildman–Crippen MR) is 57.5 cm³/mol. The van der Waals surface area contributed by atoms with Crippen LogP contribution in [0.25, 0.3) is 11.2 Å². The first-order valence-electron chi connectivity index (χ1n) is 4.94. The zero-order valence-corrected chi connectivity index (χ0v) is 8.90. The molecule has 15 heavy (non-hydrogen) atoms. The van der Waals surface area contributed by atoms with E-state index in [4.69, 9.17) is 0 Å². The largest absolute Gasteiger partial charge is 0.316 e. The van der Waals surface area contributed by atoms with Gasteiger partial charge in [-0.25, -0.2) is 9.97 Å². The number of nitrogens with zero attached hydrogens (tertiary/aromatic N) is 3. The second kappa shape index (κ2) is 3.81. The first kappa shape index (κ1) is 9.83. The van der Waals surface area contributed by atoms with Crippen LogP contribution < -0.4 is 0 Å². The number of aryl methyl sites for hydroxylation is 2. The number of aromatic nitrogens is 3. The molecular formula is C11H13N3O. The Morgan fingerprint density at radius 1 is 1.53 bits per heavy atom.